The zero-order valence-electron chi connectivity index (χ0n) is 13.5. The molecule has 1 N–H and O–H groups in total. The predicted octanol–water partition coefficient (Wildman–Crippen LogP) is 4.68. The van der Waals surface area contributed by atoms with E-state index in [9.17, 15) is 4.79 Å². The van der Waals surface area contributed by atoms with Crippen molar-refractivity contribution in [3.8, 4) is 0 Å². The molecule has 2 aromatic carbocycles. The number of hydrogen-bond acceptors (Lipinski definition) is 2. The van der Waals surface area contributed by atoms with Crippen molar-refractivity contribution in [1.29, 1.82) is 0 Å². The Kier molecular flexibility index (Phi) is 4.19. The molecule has 0 aromatic heterocycles. The van der Waals surface area contributed by atoms with Crippen molar-refractivity contribution >= 4 is 28.9 Å². The first kappa shape index (κ1) is 15.5. The third kappa shape index (κ3) is 3.13. The molecule has 2 aromatic rings. The molecular weight excluding hydrogens is 320 g/mol. The highest BCUT2D eigenvalue weighted by Crippen LogP contribution is 2.48. The molecule has 24 heavy (non-hydrogen) atoms. The molecule has 124 valence electrons. The third-order valence-electron chi connectivity index (χ3n) is 5.01. The molecule has 0 spiro atoms. The molecule has 1 saturated heterocycles. The summed E-state index contributed by atoms with van der Waals surface area (Å²) in [5, 5.41) is 3.88. The van der Waals surface area contributed by atoms with E-state index < -0.39 is 0 Å². The molecular formula is C20H21ClN2O. The fourth-order valence-corrected chi connectivity index (χ4v) is 3.83. The average molecular weight is 341 g/mol. The van der Waals surface area contributed by atoms with E-state index in [0.29, 0.717) is 5.92 Å². The molecule has 4 heteroatoms. The van der Waals surface area contributed by atoms with Gasteiger partial charge in [0, 0.05) is 24.0 Å². The number of benzene rings is 2. The second-order valence-electron chi connectivity index (χ2n) is 6.70. The van der Waals surface area contributed by atoms with Gasteiger partial charge >= 0.3 is 0 Å². The van der Waals surface area contributed by atoms with E-state index >= 15 is 0 Å². The topological polar surface area (TPSA) is 32.3 Å². The zero-order chi connectivity index (χ0) is 16.5. The summed E-state index contributed by atoms with van der Waals surface area (Å²) in [6.07, 6.45) is 3.35. The zero-order valence-corrected chi connectivity index (χ0v) is 14.3. The molecule has 2 atom stereocenters. The van der Waals surface area contributed by atoms with Crippen LogP contribution in [0.1, 0.15) is 30.7 Å². The molecule has 1 aliphatic heterocycles. The van der Waals surface area contributed by atoms with Crippen molar-refractivity contribution in [3.63, 3.8) is 0 Å². The van der Waals surface area contributed by atoms with Gasteiger partial charge in [0.05, 0.1) is 11.4 Å². The fourth-order valence-electron chi connectivity index (χ4n) is 3.63. The van der Waals surface area contributed by atoms with E-state index in [2.05, 4.69) is 22.3 Å². The van der Waals surface area contributed by atoms with Crippen LogP contribution < -0.4 is 10.2 Å². The van der Waals surface area contributed by atoms with Crippen molar-refractivity contribution in [2.24, 2.45) is 5.92 Å². The van der Waals surface area contributed by atoms with E-state index in [1.807, 2.05) is 36.4 Å². The monoisotopic (exact) mass is 340 g/mol. The Labute approximate surface area is 147 Å². The van der Waals surface area contributed by atoms with Gasteiger partial charge in [-0.3, -0.25) is 4.79 Å². The Morgan fingerprint density at radius 1 is 1.08 bits per heavy atom. The number of carbonyl (C=O) groups excluding carboxylic acids is 1. The summed E-state index contributed by atoms with van der Waals surface area (Å²) < 4.78 is 0. The highest BCUT2D eigenvalue weighted by molar-refractivity contribution is 6.30. The first-order chi connectivity index (χ1) is 11.7. The van der Waals surface area contributed by atoms with E-state index in [1.54, 1.807) is 0 Å². The minimum Gasteiger partial charge on any atom is -0.370 e. The molecule has 1 heterocycles. The van der Waals surface area contributed by atoms with Gasteiger partial charge in [-0.05, 0) is 55.0 Å². The maximum absolute atomic E-state index is 12.6. The number of nitrogens with one attached hydrogen (secondary N) is 1. The normalized spacial score (nSPS) is 22.5. The van der Waals surface area contributed by atoms with Gasteiger partial charge in [-0.1, -0.05) is 35.9 Å². The SMILES string of the molecule is O=C(Nc1ccccc1N1CCCC1)C1CC1c1cccc(Cl)c1. The minimum atomic E-state index is 0.0510. The van der Waals surface area contributed by atoms with Crippen molar-refractivity contribution in [1.82, 2.24) is 0 Å². The first-order valence-corrected chi connectivity index (χ1v) is 9.00. The van der Waals surface area contributed by atoms with E-state index in [4.69, 9.17) is 11.6 Å². The van der Waals surface area contributed by atoms with Crippen molar-refractivity contribution in [2.45, 2.75) is 25.2 Å². The summed E-state index contributed by atoms with van der Waals surface area (Å²) in [6.45, 7) is 2.14. The van der Waals surface area contributed by atoms with Crippen LogP contribution in [0.3, 0.4) is 0 Å². The summed E-state index contributed by atoms with van der Waals surface area (Å²) in [5.74, 6) is 0.462. The van der Waals surface area contributed by atoms with Gasteiger partial charge in [0.15, 0.2) is 0 Å². The maximum Gasteiger partial charge on any atom is 0.228 e. The van der Waals surface area contributed by atoms with Gasteiger partial charge < -0.3 is 10.2 Å². The van der Waals surface area contributed by atoms with Crippen LogP contribution in [-0.2, 0) is 4.79 Å². The summed E-state index contributed by atoms with van der Waals surface area (Å²) in [5.41, 5.74) is 3.24. The number of carbonyl (C=O) groups is 1. The molecule has 0 bridgehead atoms. The Morgan fingerprint density at radius 2 is 1.88 bits per heavy atom. The summed E-state index contributed by atoms with van der Waals surface area (Å²) in [4.78, 5) is 15.0. The van der Waals surface area contributed by atoms with E-state index in [0.717, 1.165) is 41.5 Å². The van der Waals surface area contributed by atoms with Crippen LogP contribution >= 0.6 is 11.6 Å². The standard InChI is InChI=1S/C20H21ClN2O/c21-15-7-5-6-14(12-15)16-13-17(16)20(24)22-18-8-1-2-9-19(18)23-10-3-4-11-23/h1-2,5-9,12,16-17H,3-4,10-11,13H2,(H,22,24). The number of amides is 1. The molecule has 2 fully saturated rings. The number of rotatable bonds is 4. The summed E-state index contributed by atoms with van der Waals surface area (Å²) in [6, 6.07) is 16.0. The number of para-hydroxylation sites is 2. The van der Waals surface area contributed by atoms with Crippen molar-refractivity contribution < 1.29 is 4.79 Å². The largest absolute Gasteiger partial charge is 0.370 e. The van der Waals surface area contributed by atoms with Crippen LogP contribution in [0.2, 0.25) is 5.02 Å². The molecule has 2 unspecified atom stereocenters. The van der Waals surface area contributed by atoms with Crippen LogP contribution in [-0.4, -0.2) is 19.0 Å². The number of hydrogen-bond donors (Lipinski definition) is 1. The summed E-state index contributed by atoms with van der Waals surface area (Å²) >= 11 is 6.06. The second-order valence-corrected chi connectivity index (χ2v) is 7.14. The third-order valence-corrected chi connectivity index (χ3v) is 5.25. The molecule has 1 amide bonds. The van der Waals surface area contributed by atoms with Crippen LogP contribution in [0.15, 0.2) is 48.5 Å². The van der Waals surface area contributed by atoms with Gasteiger partial charge in [0.1, 0.15) is 0 Å². The molecule has 2 aliphatic rings. The first-order valence-electron chi connectivity index (χ1n) is 8.63. The lowest BCUT2D eigenvalue weighted by molar-refractivity contribution is -0.117. The number of halogens is 1. The van der Waals surface area contributed by atoms with Gasteiger partial charge in [-0.25, -0.2) is 0 Å². The molecule has 1 aliphatic carbocycles. The fraction of sp³-hybridized carbons (Fsp3) is 0.350. The van der Waals surface area contributed by atoms with E-state index in [-0.39, 0.29) is 11.8 Å². The average Bonchev–Trinajstić information content (AvgIpc) is 3.22. The lowest BCUT2D eigenvalue weighted by Gasteiger charge is -2.21. The van der Waals surface area contributed by atoms with Crippen molar-refractivity contribution in [3.05, 3.63) is 59.1 Å². The van der Waals surface area contributed by atoms with Crippen LogP contribution in [0.25, 0.3) is 0 Å². The molecule has 3 nitrogen and oxygen atoms in total. The Balaban J connectivity index is 1.46. The molecule has 1 saturated carbocycles. The van der Waals surface area contributed by atoms with Crippen molar-refractivity contribution in [2.75, 3.05) is 23.3 Å². The van der Waals surface area contributed by atoms with Gasteiger partial charge in [0.25, 0.3) is 0 Å². The van der Waals surface area contributed by atoms with Gasteiger partial charge in [0.2, 0.25) is 5.91 Å². The number of anilines is 2. The van der Waals surface area contributed by atoms with E-state index in [1.165, 1.54) is 12.8 Å². The molecule has 4 rings (SSSR count). The summed E-state index contributed by atoms with van der Waals surface area (Å²) in [7, 11) is 0. The van der Waals surface area contributed by atoms with Crippen LogP contribution in [0.4, 0.5) is 11.4 Å². The predicted molar refractivity (Wildman–Crippen MR) is 98.8 cm³/mol. The van der Waals surface area contributed by atoms with Crippen LogP contribution in [0.5, 0.6) is 0 Å². The van der Waals surface area contributed by atoms with Gasteiger partial charge in [-0.15, -0.1) is 0 Å². The Morgan fingerprint density at radius 3 is 2.67 bits per heavy atom. The highest BCUT2D eigenvalue weighted by Gasteiger charge is 2.44. The minimum absolute atomic E-state index is 0.0510. The lowest BCUT2D eigenvalue weighted by atomic mass is 10.1. The van der Waals surface area contributed by atoms with Gasteiger partial charge in [-0.2, -0.15) is 0 Å². The Bertz CT molecular complexity index is 755. The maximum atomic E-state index is 12.6. The Hall–Kier alpha value is -2.00. The molecule has 0 radical (unpaired) electrons. The number of nitrogens with zero attached hydrogens (tertiary/aromatic N) is 1. The van der Waals surface area contributed by atoms with Crippen LogP contribution in [0, 0.1) is 5.92 Å². The highest BCUT2D eigenvalue weighted by atomic mass is 35.5. The quantitative estimate of drug-likeness (QED) is 0.876. The lowest BCUT2D eigenvalue weighted by Crippen LogP contribution is -2.21. The second kappa shape index (κ2) is 6.48. The smallest absolute Gasteiger partial charge is 0.228 e.